The van der Waals surface area contributed by atoms with E-state index < -0.39 is 15.8 Å². The van der Waals surface area contributed by atoms with Crippen molar-refractivity contribution >= 4 is 44.2 Å². The van der Waals surface area contributed by atoms with Gasteiger partial charge in [0.05, 0.1) is 27.8 Å². The summed E-state index contributed by atoms with van der Waals surface area (Å²) in [5.74, 6) is 0.285. The van der Waals surface area contributed by atoms with Gasteiger partial charge in [-0.1, -0.05) is 17.7 Å². The van der Waals surface area contributed by atoms with E-state index >= 15 is 0 Å². The second-order valence-corrected chi connectivity index (χ2v) is 9.83. The lowest BCUT2D eigenvalue weighted by atomic mass is 10.1. The number of nitrogens with one attached hydrogen (secondary N) is 2. The third-order valence-electron chi connectivity index (χ3n) is 5.51. The van der Waals surface area contributed by atoms with E-state index in [0.29, 0.717) is 5.56 Å². The van der Waals surface area contributed by atoms with Gasteiger partial charge in [-0.25, -0.2) is 22.8 Å². The van der Waals surface area contributed by atoms with Crippen LogP contribution in [0.25, 0.3) is 22.2 Å². The van der Waals surface area contributed by atoms with Crippen LogP contribution in [0.2, 0.25) is 5.15 Å². The third-order valence-corrected chi connectivity index (χ3v) is 7.19. The number of sulfonamides is 1. The summed E-state index contributed by atoms with van der Waals surface area (Å²) in [4.78, 5) is 15.6. The van der Waals surface area contributed by atoms with Crippen molar-refractivity contribution in [1.82, 2.24) is 20.3 Å². The van der Waals surface area contributed by atoms with Gasteiger partial charge in [-0.3, -0.25) is 9.71 Å². The predicted molar refractivity (Wildman–Crippen MR) is 130 cm³/mol. The quantitative estimate of drug-likeness (QED) is 0.405. The average Bonchev–Trinajstić information content (AvgIpc) is 2.85. The molecule has 0 aliphatic carbocycles. The lowest BCUT2D eigenvalue weighted by Crippen LogP contribution is -2.43. The minimum absolute atomic E-state index is 0.00369. The van der Waals surface area contributed by atoms with Gasteiger partial charge in [0.2, 0.25) is 0 Å². The van der Waals surface area contributed by atoms with Crippen LogP contribution in [0, 0.1) is 5.82 Å². The van der Waals surface area contributed by atoms with Crippen LogP contribution >= 0.6 is 11.6 Å². The maximum Gasteiger partial charge on any atom is 0.261 e. The second kappa shape index (κ2) is 9.13. The fourth-order valence-electron chi connectivity index (χ4n) is 3.72. The fraction of sp³-hybridized carbons (Fsp3) is 0.174. The molecule has 0 atom stereocenters. The van der Waals surface area contributed by atoms with Crippen molar-refractivity contribution in [2.75, 3.05) is 35.8 Å². The Morgan fingerprint density at radius 3 is 2.47 bits per heavy atom. The number of piperazine rings is 1. The van der Waals surface area contributed by atoms with Crippen LogP contribution in [-0.2, 0) is 10.0 Å². The molecular weight excluding hydrogens is 479 g/mol. The second-order valence-electron chi connectivity index (χ2n) is 7.79. The van der Waals surface area contributed by atoms with E-state index in [1.165, 1.54) is 12.1 Å². The van der Waals surface area contributed by atoms with E-state index in [-0.39, 0.29) is 15.7 Å². The molecule has 0 radical (unpaired) electrons. The number of nitrogens with zero attached hydrogens (tertiary/aromatic N) is 4. The molecule has 1 aliphatic heterocycles. The van der Waals surface area contributed by atoms with Gasteiger partial charge in [0, 0.05) is 37.9 Å². The smallest absolute Gasteiger partial charge is 0.261 e. The van der Waals surface area contributed by atoms with Gasteiger partial charge in [0.25, 0.3) is 10.0 Å². The Bertz CT molecular complexity index is 1460. The normalized spacial score (nSPS) is 14.4. The molecule has 3 heterocycles. The SMILES string of the molecule is O=S(=O)(Nc1cc(-c2ccc3ncc(N4CCNCC4)nc3c2)cnc1Cl)c1ccc(F)cc1. The molecule has 2 aromatic carbocycles. The number of pyridine rings is 1. The molecule has 5 rings (SSSR count). The zero-order chi connectivity index (χ0) is 23.7. The highest BCUT2D eigenvalue weighted by Gasteiger charge is 2.18. The lowest BCUT2D eigenvalue weighted by molar-refractivity contribution is 0.585. The molecule has 11 heteroatoms. The van der Waals surface area contributed by atoms with Gasteiger partial charge < -0.3 is 10.2 Å². The van der Waals surface area contributed by atoms with Gasteiger partial charge in [-0.2, -0.15) is 0 Å². The molecule has 0 amide bonds. The topological polar surface area (TPSA) is 100 Å². The molecule has 0 spiro atoms. The Balaban J connectivity index is 1.47. The van der Waals surface area contributed by atoms with E-state index in [1.54, 1.807) is 18.5 Å². The molecule has 2 aromatic heterocycles. The van der Waals surface area contributed by atoms with E-state index in [1.807, 2.05) is 18.2 Å². The van der Waals surface area contributed by atoms with E-state index in [4.69, 9.17) is 16.6 Å². The Morgan fingerprint density at radius 2 is 1.71 bits per heavy atom. The van der Waals surface area contributed by atoms with E-state index in [2.05, 4.69) is 24.9 Å². The molecular formula is C23H20ClFN6O2S. The first-order valence-corrected chi connectivity index (χ1v) is 12.4. The summed E-state index contributed by atoms with van der Waals surface area (Å²) in [6.07, 6.45) is 3.34. The van der Waals surface area contributed by atoms with Crippen LogP contribution < -0.4 is 14.9 Å². The van der Waals surface area contributed by atoms with Gasteiger partial charge in [0.15, 0.2) is 5.15 Å². The van der Waals surface area contributed by atoms with Crippen LogP contribution in [0.1, 0.15) is 0 Å². The molecule has 1 fully saturated rings. The molecule has 8 nitrogen and oxygen atoms in total. The standard InChI is InChI=1S/C23H20ClFN6O2S/c24-23-21(30-34(32,33)18-4-2-17(25)3-5-18)12-16(13-28-23)15-1-6-19-20(11-15)29-22(14-27-19)31-9-7-26-8-10-31/h1-6,11-14,26,30H,7-10H2. The number of benzene rings is 2. The van der Waals surface area contributed by atoms with Crippen LogP contribution in [-0.4, -0.2) is 49.5 Å². The first-order chi connectivity index (χ1) is 16.4. The van der Waals surface area contributed by atoms with Crippen LogP contribution in [0.4, 0.5) is 15.9 Å². The van der Waals surface area contributed by atoms with Gasteiger partial charge >= 0.3 is 0 Å². The number of aromatic nitrogens is 3. The molecule has 34 heavy (non-hydrogen) atoms. The summed E-state index contributed by atoms with van der Waals surface area (Å²) in [7, 11) is -3.98. The molecule has 0 bridgehead atoms. The fourth-order valence-corrected chi connectivity index (χ4v) is 4.99. The predicted octanol–water partition coefficient (Wildman–Crippen LogP) is 3.69. The van der Waals surface area contributed by atoms with Crippen molar-refractivity contribution in [2.45, 2.75) is 4.90 Å². The molecule has 0 unspecified atom stereocenters. The first kappa shape index (κ1) is 22.5. The summed E-state index contributed by atoms with van der Waals surface area (Å²) >= 11 is 6.17. The molecule has 174 valence electrons. The molecule has 2 N–H and O–H groups in total. The summed E-state index contributed by atoms with van der Waals surface area (Å²) in [6.45, 7) is 3.51. The van der Waals surface area contributed by atoms with Gasteiger partial charge in [-0.05, 0) is 48.0 Å². The minimum atomic E-state index is -3.98. The summed E-state index contributed by atoms with van der Waals surface area (Å²) in [6, 6.07) is 11.7. The van der Waals surface area contributed by atoms with Crippen LogP contribution in [0.3, 0.4) is 0 Å². The maximum atomic E-state index is 13.2. The number of hydrogen-bond acceptors (Lipinski definition) is 7. The van der Waals surface area contributed by atoms with Crippen molar-refractivity contribution in [3.63, 3.8) is 0 Å². The van der Waals surface area contributed by atoms with E-state index in [9.17, 15) is 12.8 Å². The van der Waals surface area contributed by atoms with Gasteiger partial charge in [0.1, 0.15) is 11.6 Å². The molecule has 0 saturated carbocycles. The number of anilines is 2. The monoisotopic (exact) mass is 498 g/mol. The largest absolute Gasteiger partial charge is 0.353 e. The van der Waals surface area contributed by atoms with Crippen molar-refractivity contribution in [2.24, 2.45) is 0 Å². The Morgan fingerprint density at radius 1 is 0.941 bits per heavy atom. The number of rotatable bonds is 5. The van der Waals surface area contributed by atoms with Crippen molar-refractivity contribution in [3.05, 3.63) is 71.9 Å². The molecule has 1 aliphatic rings. The molecule has 4 aromatic rings. The number of fused-ring (bicyclic) bond motifs is 1. The molecule has 1 saturated heterocycles. The summed E-state index contributed by atoms with van der Waals surface area (Å²) in [5.41, 5.74) is 3.02. The Labute approximate surface area is 200 Å². The summed E-state index contributed by atoms with van der Waals surface area (Å²) in [5, 5.41) is 3.31. The Hall–Kier alpha value is -3.34. The third kappa shape index (κ3) is 4.65. The van der Waals surface area contributed by atoms with Crippen LogP contribution in [0.5, 0.6) is 0 Å². The number of halogens is 2. The number of hydrogen-bond donors (Lipinski definition) is 2. The van der Waals surface area contributed by atoms with Crippen LogP contribution in [0.15, 0.2) is 65.8 Å². The highest BCUT2D eigenvalue weighted by molar-refractivity contribution is 7.92. The van der Waals surface area contributed by atoms with Crippen molar-refractivity contribution in [3.8, 4) is 11.1 Å². The zero-order valence-corrected chi connectivity index (χ0v) is 19.4. The lowest BCUT2D eigenvalue weighted by Gasteiger charge is -2.28. The van der Waals surface area contributed by atoms with Gasteiger partial charge in [-0.15, -0.1) is 0 Å². The van der Waals surface area contributed by atoms with Crippen molar-refractivity contribution < 1.29 is 12.8 Å². The highest BCUT2D eigenvalue weighted by atomic mass is 35.5. The highest BCUT2D eigenvalue weighted by Crippen LogP contribution is 2.30. The maximum absolute atomic E-state index is 13.2. The first-order valence-electron chi connectivity index (χ1n) is 10.6. The average molecular weight is 499 g/mol. The minimum Gasteiger partial charge on any atom is -0.353 e. The zero-order valence-electron chi connectivity index (χ0n) is 17.9. The Kier molecular flexibility index (Phi) is 6.03. The van der Waals surface area contributed by atoms with Crippen molar-refractivity contribution in [1.29, 1.82) is 0 Å². The van der Waals surface area contributed by atoms with E-state index in [0.717, 1.165) is 60.7 Å². The summed E-state index contributed by atoms with van der Waals surface area (Å²) < 4.78 is 41.1.